The van der Waals surface area contributed by atoms with Gasteiger partial charge in [-0.3, -0.25) is 20.1 Å². The monoisotopic (exact) mass is 389 g/mol. The first-order valence-corrected chi connectivity index (χ1v) is 9.51. The molecule has 0 bridgehead atoms. The highest BCUT2D eigenvalue weighted by Gasteiger charge is 2.16. The number of fused-ring (bicyclic) bond motifs is 2. The average Bonchev–Trinajstić information content (AvgIpc) is 3.43. The van der Waals surface area contributed by atoms with E-state index in [9.17, 15) is 0 Å². The molecule has 6 rings (SSSR count). The van der Waals surface area contributed by atoms with Gasteiger partial charge < -0.3 is 4.98 Å². The van der Waals surface area contributed by atoms with Gasteiger partial charge in [0, 0.05) is 41.9 Å². The van der Waals surface area contributed by atoms with Crippen molar-refractivity contribution in [2.75, 3.05) is 0 Å². The summed E-state index contributed by atoms with van der Waals surface area (Å²) in [5.74, 6) is 0.696. The summed E-state index contributed by atoms with van der Waals surface area (Å²) < 4.78 is 0. The number of aromatic amines is 2. The Labute approximate surface area is 170 Å². The van der Waals surface area contributed by atoms with E-state index in [0.717, 1.165) is 50.0 Å². The Balaban J connectivity index is 1.52. The molecule has 142 valence electrons. The summed E-state index contributed by atoms with van der Waals surface area (Å²) in [6.45, 7) is 0. The molecule has 2 N–H and O–H groups in total. The number of pyridine rings is 3. The topological polar surface area (TPSA) is 96.0 Å². The number of rotatable bonds is 3. The lowest BCUT2D eigenvalue weighted by Gasteiger charge is -2.01. The largest absolute Gasteiger partial charge is 0.336 e. The van der Waals surface area contributed by atoms with Gasteiger partial charge in [0.2, 0.25) is 0 Å². The Bertz CT molecular complexity index is 1480. The van der Waals surface area contributed by atoms with Crippen molar-refractivity contribution in [1.29, 1.82) is 0 Å². The van der Waals surface area contributed by atoms with Crippen molar-refractivity contribution in [2.45, 2.75) is 0 Å². The first-order chi connectivity index (χ1) is 14.9. The Morgan fingerprint density at radius 3 is 2.50 bits per heavy atom. The molecule has 30 heavy (non-hydrogen) atoms. The third-order valence-electron chi connectivity index (χ3n) is 5.14. The number of benzene rings is 1. The number of aromatic nitrogens is 7. The Morgan fingerprint density at radius 1 is 0.700 bits per heavy atom. The van der Waals surface area contributed by atoms with Gasteiger partial charge >= 0.3 is 0 Å². The summed E-state index contributed by atoms with van der Waals surface area (Å²) in [6.07, 6.45) is 8.90. The van der Waals surface area contributed by atoms with Crippen molar-refractivity contribution < 1.29 is 0 Å². The van der Waals surface area contributed by atoms with Crippen LogP contribution in [-0.4, -0.2) is 35.1 Å². The molecule has 6 aromatic rings. The van der Waals surface area contributed by atoms with E-state index in [1.807, 2.05) is 36.4 Å². The second-order valence-electron chi connectivity index (χ2n) is 6.95. The predicted molar refractivity (Wildman–Crippen MR) is 115 cm³/mol. The lowest BCUT2D eigenvalue weighted by Crippen LogP contribution is -1.86. The Hall–Kier alpha value is -4.39. The Morgan fingerprint density at radius 2 is 1.63 bits per heavy atom. The van der Waals surface area contributed by atoms with Gasteiger partial charge in [0.15, 0.2) is 5.82 Å². The zero-order valence-electron chi connectivity index (χ0n) is 15.7. The van der Waals surface area contributed by atoms with E-state index in [1.54, 1.807) is 31.0 Å². The number of H-pyrrole nitrogens is 2. The third-order valence-corrected chi connectivity index (χ3v) is 5.14. The predicted octanol–water partition coefficient (Wildman–Crippen LogP) is 4.63. The number of hydrogen-bond donors (Lipinski definition) is 2. The highest BCUT2D eigenvalue weighted by atomic mass is 15.1. The van der Waals surface area contributed by atoms with Crippen LogP contribution in [0.15, 0.2) is 79.5 Å². The van der Waals surface area contributed by atoms with Crippen LogP contribution in [0.25, 0.3) is 55.8 Å². The highest BCUT2D eigenvalue weighted by molar-refractivity contribution is 5.97. The molecule has 0 saturated carbocycles. The third kappa shape index (κ3) is 2.64. The fraction of sp³-hybridized carbons (Fsp3) is 0. The summed E-state index contributed by atoms with van der Waals surface area (Å²) in [5, 5.41) is 8.64. The number of hydrogen-bond acceptors (Lipinski definition) is 5. The molecule has 1 aromatic carbocycles. The lowest BCUT2D eigenvalue weighted by atomic mass is 10.0. The van der Waals surface area contributed by atoms with Gasteiger partial charge in [0.1, 0.15) is 11.2 Å². The molecular weight excluding hydrogens is 374 g/mol. The van der Waals surface area contributed by atoms with E-state index in [2.05, 4.69) is 42.3 Å². The molecule has 0 spiro atoms. The second kappa shape index (κ2) is 6.59. The molecule has 0 fully saturated rings. The normalized spacial score (nSPS) is 11.3. The highest BCUT2D eigenvalue weighted by Crippen LogP contribution is 2.32. The van der Waals surface area contributed by atoms with Gasteiger partial charge in [-0.25, -0.2) is 4.98 Å². The zero-order chi connectivity index (χ0) is 19.9. The van der Waals surface area contributed by atoms with Gasteiger partial charge in [0.05, 0.1) is 16.7 Å². The van der Waals surface area contributed by atoms with Crippen LogP contribution in [-0.2, 0) is 0 Å². The SMILES string of the molecule is c1cncc(-c2nccc3[nH]c(-c4n[nH]c5ccc(-c6ccncc6)cc45)nc23)c1. The van der Waals surface area contributed by atoms with Crippen LogP contribution in [0, 0.1) is 0 Å². The minimum absolute atomic E-state index is 0.696. The summed E-state index contributed by atoms with van der Waals surface area (Å²) in [6, 6.07) is 16.0. The van der Waals surface area contributed by atoms with Crippen molar-refractivity contribution in [3.05, 3.63) is 79.5 Å². The van der Waals surface area contributed by atoms with Crippen LogP contribution < -0.4 is 0 Å². The van der Waals surface area contributed by atoms with Crippen LogP contribution >= 0.6 is 0 Å². The first kappa shape index (κ1) is 16.6. The maximum Gasteiger partial charge on any atom is 0.159 e. The molecule has 0 aliphatic heterocycles. The van der Waals surface area contributed by atoms with E-state index in [-0.39, 0.29) is 0 Å². The minimum atomic E-state index is 0.696. The molecule has 0 aliphatic rings. The molecule has 0 atom stereocenters. The minimum Gasteiger partial charge on any atom is -0.336 e. The molecule has 0 radical (unpaired) electrons. The van der Waals surface area contributed by atoms with E-state index in [0.29, 0.717) is 5.82 Å². The van der Waals surface area contributed by atoms with Crippen molar-refractivity contribution >= 4 is 21.9 Å². The maximum atomic E-state index is 4.85. The summed E-state index contributed by atoms with van der Waals surface area (Å²) >= 11 is 0. The second-order valence-corrected chi connectivity index (χ2v) is 6.95. The van der Waals surface area contributed by atoms with E-state index >= 15 is 0 Å². The van der Waals surface area contributed by atoms with E-state index in [4.69, 9.17) is 4.98 Å². The van der Waals surface area contributed by atoms with Crippen molar-refractivity contribution in [2.24, 2.45) is 0 Å². The van der Waals surface area contributed by atoms with E-state index in [1.165, 1.54) is 0 Å². The first-order valence-electron chi connectivity index (χ1n) is 9.51. The van der Waals surface area contributed by atoms with Crippen molar-refractivity contribution in [3.8, 4) is 33.9 Å². The van der Waals surface area contributed by atoms with Gasteiger partial charge in [-0.2, -0.15) is 5.10 Å². The van der Waals surface area contributed by atoms with Crippen LogP contribution in [0.3, 0.4) is 0 Å². The average molecular weight is 389 g/mol. The fourth-order valence-corrected chi connectivity index (χ4v) is 3.68. The van der Waals surface area contributed by atoms with Gasteiger partial charge in [-0.1, -0.05) is 6.07 Å². The molecule has 7 nitrogen and oxygen atoms in total. The lowest BCUT2D eigenvalue weighted by molar-refractivity contribution is 1.11. The molecule has 0 aliphatic carbocycles. The quantitative estimate of drug-likeness (QED) is 0.460. The van der Waals surface area contributed by atoms with Crippen LogP contribution in [0.1, 0.15) is 0 Å². The molecular formula is C23H15N7. The Kier molecular flexibility index (Phi) is 3.64. The van der Waals surface area contributed by atoms with Gasteiger partial charge in [0.25, 0.3) is 0 Å². The smallest absolute Gasteiger partial charge is 0.159 e. The summed E-state index contributed by atoms with van der Waals surface area (Å²) in [7, 11) is 0. The molecule has 7 heteroatoms. The van der Waals surface area contributed by atoms with Gasteiger partial charge in [-0.05, 0) is 53.6 Å². The van der Waals surface area contributed by atoms with Gasteiger partial charge in [-0.15, -0.1) is 0 Å². The summed E-state index contributed by atoms with van der Waals surface area (Å²) in [4.78, 5) is 21.1. The molecule has 0 amide bonds. The number of imidazole rings is 1. The summed E-state index contributed by atoms with van der Waals surface area (Å²) in [5.41, 5.74) is 7.34. The molecule has 5 heterocycles. The molecule has 0 saturated heterocycles. The zero-order valence-corrected chi connectivity index (χ0v) is 15.7. The van der Waals surface area contributed by atoms with Crippen LogP contribution in [0.4, 0.5) is 0 Å². The number of nitrogens with one attached hydrogen (secondary N) is 2. The van der Waals surface area contributed by atoms with E-state index < -0.39 is 0 Å². The van der Waals surface area contributed by atoms with Crippen LogP contribution in [0.5, 0.6) is 0 Å². The molecule has 0 unspecified atom stereocenters. The fourth-order valence-electron chi connectivity index (χ4n) is 3.68. The standard InChI is InChI=1S/C23H15N7/c1-2-16(13-25-8-1)20-22-19(7-11-26-20)27-23(28-22)21-17-12-15(3-4-18(17)29-30-21)14-5-9-24-10-6-14/h1-13H,(H,27,28)(H,29,30). The maximum absolute atomic E-state index is 4.85. The van der Waals surface area contributed by atoms with Crippen molar-refractivity contribution in [3.63, 3.8) is 0 Å². The van der Waals surface area contributed by atoms with Crippen molar-refractivity contribution in [1.82, 2.24) is 35.1 Å². The van der Waals surface area contributed by atoms with Crippen LogP contribution in [0.2, 0.25) is 0 Å². The number of nitrogens with zero attached hydrogens (tertiary/aromatic N) is 5. The molecule has 5 aromatic heterocycles.